The lowest BCUT2D eigenvalue weighted by Crippen LogP contribution is -2.40. The number of benzene rings is 2. The second-order valence-electron chi connectivity index (χ2n) is 7.21. The summed E-state index contributed by atoms with van der Waals surface area (Å²) in [5.41, 5.74) is 1.91. The highest BCUT2D eigenvalue weighted by atomic mass is 32.1. The van der Waals surface area contributed by atoms with Crippen molar-refractivity contribution in [2.45, 2.75) is 13.0 Å². The molecular formula is C22H18FN5O4S. The van der Waals surface area contributed by atoms with Crippen molar-refractivity contribution in [3.63, 3.8) is 0 Å². The van der Waals surface area contributed by atoms with E-state index in [4.69, 9.17) is 9.47 Å². The van der Waals surface area contributed by atoms with Gasteiger partial charge in [0.1, 0.15) is 5.82 Å². The number of hydrogen-bond donors (Lipinski definition) is 2. The van der Waals surface area contributed by atoms with Crippen molar-refractivity contribution >= 4 is 28.1 Å². The Morgan fingerprint density at radius 2 is 1.91 bits per heavy atom. The van der Waals surface area contributed by atoms with Crippen molar-refractivity contribution in [3.05, 3.63) is 64.9 Å². The number of amides is 2. The lowest BCUT2D eigenvalue weighted by atomic mass is 10.2. The highest BCUT2D eigenvalue weighted by Crippen LogP contribution is 2.32. The van der Waals surface area contributed by atoms with Gasteiger partial charge in [0.05, 0.1) is 11.3 Å². The van der Waals surface area contributed by atoms with Crippen molar-refractivity contribution < 1.29 is 23.5 Å². The third-order valence-corrected chi connectivity index (χ3v) is 5.89. The SMILES string of the molecule is O=C(NCCc1csc2nc(-c3ccccc3F)nn12)C(=O)NCc1ccc2c(c1)OCO2. The van der Waals surface area contributed by atoms with Gasteiger partial charge in [-0.3, -0.25) is 9.59 Å². The van der Waals surface area contributed by atoms with Gasteiger partial charge in [-0.25, -0.2) is 8.91 Å². The van der Waals surface area contributed by atoms with Gasteiger partial charge in [0, 0.05) is 24.9 Å². The number of hydrogen-bond acceptors (Lipinski definition) is 7. The number of carbonyl (C=O) groups excluding carboxylic acids is 2. The zero-order valence-electron chi connectivity index (χ0n) is 17.2. The van der Waals surface area contributed by atoms with Crippen molar-refractivity contribution in [1.29, 1.82) is 0 Å². The first-order chi connectivity index (χ1) is 16.1. The summed E-state index contributed by atoms with van der Waals surface area (Å²) in [6.07, 6.45) is 0.432. The normalized spacial score (nSPS) is 12.2. The maximum absolute atomic E-state index is 14.0. The lowest BCUT2D eigenvalue weighted by molar-refractivity contribution is -0.139. The number of carbonyl (C=O) groups is 2. The molecule has 0 bridgehead atoms. The zero-order chi connectivity index (χ0) is 22.8. The fourth-order valence-corrected chi connectivity index (χ4v) is 4.21. The van der Waals surface area contributed by atoms with Crippen LogP contribution in [0.25, 0.3) is 16.3 Å². The molecule has 0 saturated carbocycles. The first-order valence-corrected chi connectivity index (χ1v) is 11.0. The third kappa shape index (κ3) is 4.35. The summed E-state index contributed by atoms with van der Waals surface area (Å²) < 4.78 is 26.2. The molecule has 1 aliphatic heterocycles. The average Bonchev–Trinajstić information content (AvgIpc) is 3.54. The Balaban J connectivity index is 1.14. The molecule has 0 atom stereocenters. The molecule has 11 heteroatoms. The van der Waals surface area contributed by atoms with E-state index in [1.54, 1.807) is 40.9 Å². The van der Waals surface area contributed by atoms with E-state index in [0.717, 1.165) is 11.3 Å². The van der Waals surface area contributed by atoms with Gasteiger partial charge in [0.25, 0.3) is 0 Å². The molecule has 0 aliphatic carbocycles. The van der Waals surface area contributed by atoms with Gasteiger partial charge in [-0.2, -0.15) is 4.98 Å². The van der Waals surface area contributed by atoms with Crippen LogP contribution in [-0.2, 0) is 22.6 Å². The van der Waals surface area contributed by atoms with Crippen LogP contribution in [0.4, 0.5) is 4.39 Å². The number of thiazole rings is 1. The molecule has 5 rings (SSSR count). The molecule has 0 radical (unpaired) electrons. The van der Waals surface area contributed by atoms with E-state index in [0.29, 0.717) is 34.3 Å². The second-order valence-corrected chi connectivity index (χ2v) is 8.05. The Kier molecular flexibility index (Phi) is 5.61. The first-order valence-electron chi connectivity index (χ1n) is 10.1. The molecule has 2 N–H and O–H groups in total. The molecular weight excluding hydrogens is 449 g/mol. The summed E-state index contributed by atoms with van der Waals surface area (Å²) in [7, 11) is 0. The van der Waals surface area contributed by atoms with Crippen LogP contribution in [0.3, 0.4) is 0 Å². The van der Waals surface area contributed by atoms with Gasteiger partial charge >= 0.3 is 11.8 Å². The summed E-state index contributed by atoms with van der Waals surface area (Å²) in [6.45, 7) is 0.589. The maximum atomic E-state index is 14.0. The Bertz CT molecular complexity index is 1350. The number of fused-ring (bicyclic) bond motifs is 2. The number of aromatic nitrogens is 3. The fourth-order valence-electron chi connectivity index (χ4n) is 3.35. The molecule has 4 aromatic rings. The highest BCUT2D eigenvalue weighted by molar-refractivity contribution is 7.15. The Morgan fingerprint density at radius 3 is 2.79 bits per heavy atom. The molecule has 0 saturated heterocycles. The fraction of sp³-hybridized carbons (Fsp3) is 0.182. The number of ether oxygens (including phenoxy) is 2. The minimum Gasteiger partial charge on any atom is -0.454 e. The molecule has 3 heterocycles. The van der Waals surface area contributed by atoms with Crippen molar-refractivity contribution in [1.82, 2.24) is 25.2 Å². The van der Waals surface area contributed by atoms with E-state index < -0.39 is 17.6 Å². The predicted octanol–water partition coefficient (Wildman–Crippen LogP) is 2.30. The molecule has 2 amide bonds. The van der Waals surface area contributed by atoms with Crippen LogP contribution in [0, 0.1) is 5.82 Å². The predicted molar refractivity (Wildman–Crippen MR) is 117 cm³/mol. The van der Waals surface area contributed by atoms with E-state index in [1.807, 2.05) is 5.38 Å². The van der Waals surface area contributed by atoms with Gasteiger partial charge in [-0.1, -0.05) is 18.2 Å². The van der Waals surface area contributed by atoms with Crippen LogP contribution in [0.15, 0.2) is 47.8 Å². The zero-order valence-corrected chi connectivity index (χ0v) is 18.0. The molecule has 2 aromatic heterocycles. The standard InChI is InChI=1S/C22H18FN5O4S/c23-16-4-2-1-3-15(16)19-26-22-28(27-19)14(11-33-22)7-8-24-20(29)21(30)25-10-13-5-6-17-18(9-13)32-12-31-17/h1-6,9,11H,7-8,10,12H2,(H,24,29)(H,25,30). The van der Waals surface area contributed by atoms with Crippen LogP contribution < -0.4 is 20.1 Å². The minimum atomic E-state index is -0.731. The summed E-state index contributed by atoms with van der Waals surface area (Å²) in [5.74, 6) is -0.290. The summed E-state index contributed by atoms with van der Waals surface area (Å²) in [4.78, 5) is 29.2. The summed E-state index contributed by atoms with van der Waals surface area (Å²) in [6, 6.07) is 11.6. The smallest absolute Gasteiger partial charge is 0.309 e. The summed E-state index contributed by atoms with van der Waals surface area (Å²) in [5, 5.41) is 11.4. The number of halogens is 1. The molecule has 9 nitrogen and oxygen atoms in total. The van der Waals surface area contributed by atoms with E-state index in [1.165, 1.54) is 17.4 Å². The lowest BCUT2D eigenvalue weighted by Gasteiger charge is -2.07. The van der Waals surface area contributed by atoms with Crippen molar-refractivity contribution in [2.75, 3.05) is 13.3 Å². The van der Waals surface area contributed by atoms with E-state index >= 15 is 0 Å². The van der Waals surface area contributed by atoms with Gasteiger partial charge in [-0.15, -0.1) is 16.4 Å². The average molecular weight is 467 g/mol. The summed E-state index contributed by atoms with van der Waals surface area (Å²) >= 11 is 1.37. The largest absolute Gasteiger partial charge is 0.454 e. The quantitative estimate of drug-likeness (QED) is 0.422. The number of rotatable bonds is 6. The Morgan fingerprint density at radius 1 is 1.09 bits per heavy atom. The number of nitrogens with zero attached hydrogens (tertiary/aromatic N) is 3. The van der Waals surface area contributed by atoms with Crippen molar-refractivity contribution in [2.24, 2.45) is 0 Å². The van der Waals surface area contributed by atoms with Gasteiger partial charge < -0.3 is 20.1 Å². The van der Waals surface area contributed by atoms with E-state index in [2.05, 4.69) is 20.7 Å². The van der Waals surface area contributed by atoms with E-state index in [9.17, 15) is 14.0 Å². The van der Waals surface area contributed by atoms with Crippen LogP contribution in [0.1, 0.15) is 11.3 Å². The van der Waals surface area contributed by atoms with Crippen LogP contribution in [0.5, 0.6) is 11.5 Å². The van der Waals surface area contributed by atoms with Crippen LogP contribution in [-0.4, -0.2) is 39.8 Å². The van der Waals surface area contributed by atoms with Gasteiger partial charge in [0.2, 0.25) is 11.8 Å². The van der Waals surface area contributed by atoms with Crippen LogP contribution >= 0.6 is 11.3 Å². The maximum Gasteiger partial charge on any atom is 0.309 e. The monoisotopic (exact) mass is 467 g/mol. The minimum absolute atomic E-state index is 0.170. The molecule has 0 unspecified atom stereocenters. The Hall–Kier alpha value is -3.99. The molecule has 2 aromatic carbocycles. The molecule has 168 valence electrons. The topological polar surface area (TPSA) is 107 Å². The van der Waals surface area contributed by atoms with Gasteiger partial charge in [0.15, 0.2) is 17.3 Å². The molecule has 0 spiro atoms. The third-order valence-electron chi connectivity index (χ3n) is 5.03. The number of nitrogens with one attached hydrogen (secondary N) is 2. The first kappa shape index (κ1) is 20.9. The van der Waals surface area contributed by atoms with Crippen molar-refractivity contribution in [3.8, 4) is 22.9 Å². The molecule has 33 heavy (non-hydrogen) atoms. The van der Waals surface area contributed by atoms with Gasteiger partial charge in [-0.05, 0) is 29.8 Å². The molecule has 1 aliphatic rings. The van der Waals surface area contributed by atoms with E-state index in [-0.39, 0.29) is 19.9 Å². The highest BCUT2D eigenvalue weighted by Gasteiger charge is 2.17. The molecule has 0 fully saturated rings. The Labute approximate surface area is 191 Å². The second kappa shape index (κ2) is 8.87. The van der Waals surface area contributed by atoms with Crippen LogP contribution in [0.2, 0.25) is 0 Å².